The zero-order chi connectivity index (χ0) is 20.2. The highest BCUT2D eigenvalue weighted by atomic mass is 32.2. The minimum Gasteiger partial charge on any atom is -0.480 e. The van der Waals surface area contributed by atoms with Crippen LogP contribution >= 0.6 is 0 Å². The summed E-state index contributed by atoms with van der Waals surface area (Å²) in [5, 5.41) is 9.11. The zero-order valence-electron chi connectivity index (χ0n) is 15.4. The van der Waals surface area contributed by atoms with E-state index in [0.717, 1.165) is 20.8 Å². The monoisotopic (exact) mass is 394 g/mol. The van der Waals surface area contributed by atoms with Crippen molar-refractivity contribution >= 4 is 21.9 Å². The lowest BCUT2D eigenvalue weighted by molar-refractivity contribution is -0.137. The van der Waals surface area contributed by atoms with Crippen molar-refractivity contribution in [2.24, 2.45) is 0 Å². The molecule has 146 valence electrons. The largest absolute Gasteiger partial charge is 0.480 e. The summed E-state index contributed by atoms with van der Waals surface area (Å²) in [7, 11) is -1.02. The maximum Gasteiger partial charge on any atom is 0.323 e. The molecule has 8 nitrogen and oxygen atoms in total. The molecule has 9 heteroatoms. The van der Waals surface area contributed by atoms with Crippen LogP contribution in [0.15, 0.2) is 45.7 Å². The van der Waals surface area contributed by atoms with Crippen molar-refractivity contribution in [1.29, 1.82) is 0 Å². The van der Waals surface area contributed by atoms with E-state index in [1.165, 1.54) is 21.0 Å². The second-order valence-corrected chi connectivity index (χ2v) is 8.29. The van der Waals surface area contributed by atoms with Gasteiger partial charge in [-0.2, -0.15) is 0 Å². The highest BCUT2D eigenvalue weighted by Gasteiger charge is 2.28. The molecule has 1 N–H and O–H groups in total. The van der Waals surface area contributed by atoms with E-state index in [4.69, 9.17) is 9.52 Å². The minimum atomic E-state index is -3.77. The van der Waals surface area contributed by atoms with Crippen molar-refractivity contribution in [3.63, 3.8) is 0 Å². The standard InChI is InChI=1S/C18H22N2O6S/c1-13-16(27(24,25)19(2)3)11-15(26-13)18(23)20(12-17(21)22)10-9-14-7-5-4-6-8-14/h4-8,11H,9-10,12H2,1-3H3,(H,21,22). The number of rotatable bonds is 8. The molecule has 0 atom stereocenters. The van der Waals surface area contributed by atoms with Gasteiger partial charge < -0.3 is 14.4 Å². The van der Waals surface area contributed by atoms with Crippen molar-refractivity contribution in [2.45, 2.75) is 18.2 Å². The molecule has 0 bridgehead atoms. The molecule has 2 aromatic rings. The van der Waals surface area contributed by atoms with E-state index in [0.29, 0.717) is 6.42 Å². The third-order valence-corrected chi connectivity index (χ3v) is 5.89. The summed E-state index contributed by atoms with van der Waals surface area (Å²) >= 11 is 0. The topological polar surface area (TPSA) is 108 Å². The molecule has 27 heavy (non-hydrogen) atoms. The predicted octanol–water partition coefficient (Wildman–Crippen LogP) is 1.61. The molecule has 1 aromatic heterocycles. The number of aryl methyl sites for hydroxylation is 1. The van der Waals surface area contributed by atoms with Crippen LogP contribution in [0.1, 0.15) is 21.9 Å². The summed E-state index contributed by atoms with van der Waals surface area (Å²) in [5.41, 5.74) is 0.951. The maximum absolute atomic E-state index is 12.7. The number of hydrogen-bond acceptors (Lipinski definition) is 5. The minimum absolute atomic E-state index is 0.0744. The number of aliphatic carboxylic acids is 1. The molecular weight excluding hydrogens is 372 g/mol. The molecule has 0 spiro atoms. The number of sulfonamides is 1. The Balaban J connectivity index is 2.26. The molecule has 0 saturated carbocycles. The number of carbonyl (C=O) groups excluding carboxylic acids is 1. The fourth-order valence-corrected chi connectivity index (χ4v) is 3.56. The van der Waals surface area contributed by atoms with E-state index in [2.05, 4.69) is 0 Å². The first-order chi connectivity index (χ1) is 12.6. The Bertz CT molecular complexity index is 919. The number of carboxylic acids is 1. The van der Waals surface area contributed by atoms with Crippen LogP contribution < -0.4 is 0 Å². The number of benzene rings is 1. The molecule has 1 aromatic carbocycles. The van der Waals surface area contributed by atoms with Crippen molar-refractivity contribution < 1.29 is 27.5 Å². The number of furan rings is 1. The lowest BCUT2D eigenvalue weighted by atomic mass is 10.1. The Hall–Kier alpha value is -2.65. The van der Waals surface area contributed by atoms with Crippen LogP contribution in [0.3, 0.4) is 0 Å². The van der Waals surface area contributed by atoms with Crippen molar-refractivity contribution in [3.05, 3.63) is 53.5 Å². The predicted molar refractivity (Wildman–Crippen MR) is 98.0 cm³/mol. The normalized spacial score (nSPS) is 11.6. The van der Waals surface area contributed by atoms with Gasteiger partial charge in [0.25, 0.3) is 5.91 Å². The van der Waals surface area contributed by atoms with Crippen LogP contribution in [0.5, 0.6) is 0 Å². The molecule has 0 saturated heterocycles. The lowest BCUT2D eigenvalue weighted by Crippen LogP contribution is -2.37. The SMILES string of the molecule is Cc1oc(C(=O)N(CCc2ccccc2)CC(=O)O)cc1S(=O)(=O)N(C)C. The third kappa shape index (κ3) is 4.95. The Morgan fingerprint density at radius 1 is 1.15 bits per heavy atom. The van der Waals surface area contributed by atoms with Crippen LogP contribution in [-0.4, -0.2) is 61.8 Å². The van der Waals surface area contributed by atoms with Crippen LogP contribution in [0.4, 0.5) is 0 Å². The lowest BCUT2D eigenvalue weighted by Gasteiger charge is -2.19. The number of nitrogens with zero attached hydrogens (tertiary/aromatic N) is 2. The van der Waals surface area contributed by atoms with Gasteiger partial charge in [0.15, 0.2) is 5.76 Å². The third-order valence-electron chi connectivity index (χ3n) is 3.97. The fourth-order valence-electron chi connectivity index (χ4n) is 2.50. The average molecular weight is 394 g/mol. The summed E-state index contributed by atoms with van der Waals surface area (Å²) < 4.78 is 30.9. The van der Waals surface area contributed by atoms with Crippen LogP contribution in [-0.2, 0) is 21.2 Å². The molecule has 0 unspecified atom stereocenters. The first-order valence-corrected chi connectivity index (χ1v) is 9.65. The van der Waals surface area contributed by atoms with Gasteiger partial charge in [0, 0.05) is 26.7 Å². The summed E-state index contributed by atoms with van der Waals surface area (Å²) in [4.78, 5) is 24.9. The first kappa shape index (κ1) is 20.7. The van der Waals surface area contributed by atoms with E-state index >= 15 is 0 Å². The van der Waals surface area contributed by atoms with Gasteiger partial charge in [0.1, 0.15) is 17.2 Å². The molecule has 1 heterocycles. The summed E-state index contributed by atoms with van der Waals surface area (Å²) in [5.74, 6) is -1.97. The van der Waals surface area contributed by atoms with E-state index in [1.54, 1.807) is 0 Å². The van der Waals surface area contributed by atoms with Crippen LogP contribution in [0, 0.1) is 6.92 Å². The van der Waals surface area contributed by atoms with Gasteiger partial charge >= 0.3 is 5.97 Å². The fraction of sp³-hybridized carbons (Fsp3) is 0.333. The van der Waals surface area contributed by atoms with Crippen molar-refractivity contribution in [2.75, 3.05) is 27.2 Å². The van der Waals surface area contributed by atoms with Crippen molar-refractivity contribution in [1.82, 2.24) is 9.21 Å². The maximum atomic E-state index is 12.7. The van der Waals surface area contributed by atoms with Crippen LogP contribution in [0.25, 0.3) is 0 Å². The highest BCUT2D eigenvalue weighted by molar-refractivity contribution is 7.89. The van der Waals surface area contributed by atoms with E-state index in [9.17, 15) is 18.0 Å². The Labute approximate surface area is 158 Å². The molecule has 1 amide bonds. The van der Waals surface area contributed by atoms with Gasteiger partial charge in [-0.15, -0.1) is 0 Å². The summed E-state index contributed by atoms with van der Waals surface area (Å²) in [6.07, 6.45) is 0.461. The molecule has 0 aliphatic heterocycles. The smallest absolute Gasteiger partial charge is 0.323 e. The number of carboxylic acid groups (broad SMARTS) is 1. The summed E-state index contributed by atoms with van der Waals surface area (Å²) in [6, 6.07) is 10.5. The van der Waals surface area contributed by atoms with E-state index in [1.807, 2.05) is 30.3 Å². The van der Waals surface area contributed by atoms with Gasteiger partial charge in [0.2, 0.25) is 10.0 Å². The second-order valence-electron chi connectivity index (χ2n) is 6.17. The van der Waals surface area contributed by atoms with Crippen molar-refractivity contribution in [3.8, 4) is 0 Å². The summed E-state index contributed by atoms with van der Waals surface area (Å²) in [6.45, 7) is 1.09. The van der Waals surface area contributed by atoms with E-state index < -0.39 is 28.4 Å². The van der Waals surface area contributed by atoms with Crippen LogP contribution in [0.2, 0.25) is 0 Å². The molecular formula is C18H22N2O6S. The molecule has 0 fully saturated rings. The first-order valence-electron chi connectivity index (χ1n) is 8.21. The Morgan fingerprint density at radius 2 is 1.78 bits per heavy atom. The molecule has 2 rings (SSSR count). The van der Waals surface area contributed by atoms with Gasteiger partial charge in [-0.25, -0.2) is 12.7 Å². The number of carbonyl (C=O) groups is 2. The number of hydrogen-bond donors (Lipinski definition) is 1. The highest BCUT2D eigenvalue weighted by Crippen LogP contribution is 2.23. The molecule has 0 radical (unpaired) electrons. The quantitative estimate of drug-likeness (QED) is 0.729. The molecule has 0 aliphatic carbocycles. The average Bonchev–Trinajstić information content (AvgIpc) is 3.01. The van der Waals surface area contributed by atoms with Gasteiger partial charge in [-0.1, -0.05) is 30.3 Å². The van der Waals surface area contributed by atoms with Gasteiger partial charge in [-0.3, -0.25) is 9.59 Å². The van der Waals surface area contributed by atoms with E-state index in [-0.39, 0.29) is 23.0 Å². The zero-order valence-corrected chi connectivity index (χ0v) is 16.2. The van der Waals surface area contributed by atoms with Gasteiger partial charge in [-0.05, 0) is 18.9 Å². The number of amides is 1. The molecule has 0 aliphatic rings. The van der Waals surface area contributed by atoms with Gasteiger partial charge in [0.05, 0.1) is 0 Å². The Morgan fingerprint density at radius 3 is 2.33 bits per heavy atom. The Kier molecular flexibility index (Phi) is 6.40. The second kappa shape index (κ2) is 8.36.